The van der Waals surface area contributed by atoms with Crippen LogP contribution in [0.4, 0.5) is 5.69 Å². The van der Waals surface area contributed by atoms with Gasteiger partial charge in [0.2, 0.25) is 21.8 Å². The standard InChI is InChI=1S/C29H33Cl2N3O5S/c1-4-17-32-29(36)27(5-2)33(19-21-11-16-25(30)26(31)18-21)28(35)20-34(40(3,37)38)22-12-14-24(15-13-22)39-23-9-7-6-8-10-23/h6-16,18,27H,4-5,17,19-20H2,1-3H3,(H,32,36). The number of nitrogens with one attached hydrogen (secondary N) is 1. The summed E-state index contributed by atoms with van der Waals surface area (Å²) in [5.41, 5.74) is 0.937. The van der Waals surface area contributed by atoms with Crippen LogP contribution in [0.15, 0.2) is 72.8 Å². The smallest absolute Gasteiger partial charge is 0.244 e. The second-order valence-electron chi connectivity index (χ2n) is 9.16. The number of ether oxygens (including phenoxy) is 1. The maximum Gasteiger partial charge on any atom is 0.244 e. The van der Waals surface area contributed by atoms with Crippen LogP contribution in [0.25, 0.3) is 0 Å². The first-order chi connectivity index (χ1) is 19.0. The quantitative estimate of drug-likeness (QED) is 0.262. The number of halogens is 2. The highest BCUT2D eigenvalue weighted by Gasteiger charge is 2.31. The minimum Gasteiger partial charge on any atom is -0.457 e. The molecule has 0 aromatic heterocycles. The molecule has 1 atom stereocenters. The Morgan fingerprint density at radius 2 is 1.57 bits per heavy atom. The van der Waals surface area contributed by atoms with E-state index >= 15 is 0 Å². The number of carbonyl (C=O) groups excluding carboxylic acids is 2. The number of nitrogens with zero attached hydrogens (tertiary/aromatic N) is 2. The van der Waals surface area contributed by atoms with Crippen LogP contribution in [-0.2, 0) is 26.2 Å². The van der Waals surface area contributed by atoms with Crippen LogP contribution in [-0.4, -0.2) is 50.5 Å². The average Bonchev–Trinajstić information content (AvgIpc) is 2.92. The van der Waals surface area contributed by atoms with E-state index in [-0.39, 0.29) is 18.1 Å². The number of para-hydroxylation sites is 1. The van der Waals surface area contributed by atoms with E-state index in [2.05, 4.69) is 5.32 Å². The third-order valence-electron chi connectivity index (χ3n) is 6.05. The van der Waals surface area contributed by atoms with Crippen molar-refractivity contribution < 1.29 is 22.7 Å². The molecule has 0 saturated carbocycles. The van der Waals surface area contributed by atoms with Gasteiger partial charge in [-0.25, -0.2) is 8.42 Å². The molecule has 0 radical (unpaired) electrons. The summed E-state index contributed by atoms with van der Waals surface area (Å²) in [4.78, 5) is 28.2. The van der Waals surface area contributed by atoms with Gasteiger partial charge >= 0.3 is 0 Å². The fraction of sp³-hybridized carbons (Fsp3) is 0.310. The molecule has 0 aliphatic rings. The van der Waals surface area contributed by atoms with Crippen LogP contribution in [0.1, 0.15) is 32.3 Å². The third-order valence-corrected chi connectivity index (χ3v) is 7.93. The van der Waals surface area contributed by atoms with Crippen molar-refractivity contribution in [3.63, 3.8) is 0 Å². The monoisotopic (exact) mass is 605 g/mol. The molecule has 0 aliphatic carbocycles. The van der Waals surface area contributed by atoms with E-state index in [4.69, 9.17) is 27.9 Å². The highest BCUT2D eigenvalue weighted by molar-refractivity contribution is 7.92. The van der Waals surface area contributed by atoms with E-state index in [1.54, 1.807) is 61.5 Å². The lowest BCUT2D eigenvalue weighted by molar-refractivity contribution is -0.140. The number of sulfonamides is 1. The second kappa shape index (κ2) is 14.4. The predicted molar refractivity (Wildman–Crippen MR) is 160 cm³/mol. The predicted octanol–water partition coefficient (Wildman–Crippen LogP) is 5.89. The van der Waals surface area contributed by atoms with Gasteiger partial charge in [0, 0.05) is 13.1 Å². The Bertz CT molecular complexity index is 1400. The first-order valence-corrected chi connectivity index (χ1v) is 15.5. The van der Waals surface area contributed by atoms with E-state index in [1.165, 1.54) is 4.90 Å². The topological polar surface area (TPSA) is 96.0 Å². The van der Waals surface area contributed by atoms with Gasteiger partial charge in [-0.3, -0.25) is 13.9 Å². The number of rotatable bonds is 13. The fourth-order valence-corrected chi connectivity index (χ4v) is 5.21. The molecule has 0 fully saturated rings. The molecule has 1 unspecified atom stereocenters. The van der Waals surface area contributed by atoms with Crippen LogP contribution < -0.4 is 14.4 Å². The van der Waals surface area contributed by atoms with Gasteiger partial charge in [0.1, 0.15) is 24.1 Å². The molecular formula is C29H33Cl2N3O5S. The molecule has 11 heteroatoms. The zero-order valence-corrected chi connectivity index (χ0v) is 25.0. The van der Waals surface area contributed by atoms with Crippen molar-refractivity contribution in [1.29, 1.82) is 0 Å². The SMILES string of the molecule is CCCNC(=O)C(CC)N(Cc1ccc(Cl)c(Cl)c1)C(=O)CN(c1ccc(Oc2ccccc2)cc1)S(C)(=O)=O. The molecule has 1 N–H and O–H groups in total. The summed E-state index contributed by atoms with van der Waals surface area (Å²) >= 11 is 12.3. The molecule has 3 rings (SSSR count). The van der Waals surface area contributed by atoms with Gasteiger partial charge in [-0.15, -0.1) is 0 Å². The van der Waals surface area contributed by atoms with Crippen LogP contribution in [0.3, 0.4) is 0 Å². The van der Waals surface area contributed by atoms with E-state index in [1.807, 2.05) is 25.1 Å². The molecule has 8 nitrogen and oxygen atoms in total. The number of carbonyl (C=O) groups is 2. The summed E-state index contributed by atoms with van der Waals surface area (Å²) < 4.78 is 32.5. The maximum absolute atomic E-state index is 13.8. The van der Waals surface area contributed by atoms with Crippen molar-refractivity contribution in [1.82, 2.24) is 10.2 Å². The molecule has 40 heavy (non-hydrogen) atoms. The summed E-state index contributed by atoms with van der Waals surface area (Å²) in [5.74, 6) is 0.288. The Morgan fingerprint density at radius 1 is 0.925 bits per heavy atom. The average molecular weight is 607 g/mol. The molecule has 214 valence electrons. The van der Waals surface area contributed by atoms with Crippen molar-refractivity contribution in [3.8, 4) is 11.5 Å². The highest BCUT2D eigenvalue weighted by Crippen LogP contribution is 2.27. The lowest BCUT2D eigenvalue weighted by Gasteiger charge is -2.33. The number of anilines is 1. The number of benzene rings is 3. The molecule has 0 aliphatic heterocycles. The highest BCUT2D eigenvalue weighted by atomic mass is 35.5. The van der Waals surface area contributed by atoms with Crippen LogP contribution in [0.5, 0.6) is 11.5 Å². The van der Waals surface area contributed by atoms with Crippen LogP contribution in [0, 0.1) is 0 Å². The molecule has 0 saturated heterocycles. The number of hydrogen-bond acceptors (Lipinski definition) is 5. The van der Waals surface area contributed by atoms with E-state index in [9.17, 15) is 18.0 Å². The number of hydrogen-bond donors (Lipinski definition) is 1. The Morgan fingerprint density at radius 3 is 2.15 bits per heavy atom. The Labute approximate surface area is 245 Å². The van der Waals surface area contributed by atoms with Crippen molar-refractivity contribution in [2.75, 3.05) is 23.7 Å². The molecule has 0 bridgehead atoms. The summed E-state index contributed by atoms with van der Waals surface area (Å²) in [6.45, 7) is 3.72. The third kappa shape index (κ3) is 8.61. The molecule has 3 aromatic rings. The Hall–Kier alpha value is -3.27. The van der Waals surface area contributed by atoms with Gasteiger partial charge in [-0.05, 0) is 66.9 Å². The number of amides is 2. The molecule has 0 spiro atoms. The fourth-order valence-electron chi connectivity index (χ4n) is 4.04. The summed E-state index contributed by atoms with van der Waals surface area (Å²) in [5, 5.41) is 3.51. The maximum atomic E-state index is 13.8. The minimum atomic E-state index is -3.86. The van der Waals surface area contributed by atoms with Crippen LogP contribution in [0.2, 0.25) is 10.0 Å². The normalized spacial score (nSPS) is 11.9. The van der Waals surface area contributed by atoms with Crippen LogP contribution >= 0.6 is 23.2 Å². The second-order valence-corrected chi connectivity index (χ2v) is 11.9. The summed E-state index contributed by atoms with van der Waals surface area (Å²) in [7, 11) is -3.86. The zero-order valence-electron chi connectivity index (χ0n) is 22.6. The van der Waals surface area contributed by atoms with Crippen molar-refractivity contribution in [3.05, 3.63) is 88.4 Å². The largest absolute Gasteiger partial charge is 0.457 e. The molecular weight excluding hydrogens is 573 g/mol. The van der Waals surface area contributed by atoms with Gasteiger partial charge in [0.05, 0.1) is 22.0 Å². The van der Waals surface area contributed by atoms with Gasteiger partial charge < -0.3 is 15.0 Å². The molecule has 3 aromatic carbocycles. The first-order valence-electron chi connectivity index (χ1n) is 12.8. The Kier molecular flexibility index (Phi) is 11.2. The molecule has 2 amide bonds. The van der Waals surface area contributed by atoms with Crippen molar-refractivity contribution >= 4 is 50.7 Å². The van der Waals surface area contributed by atoms with Gasteiger partial charge in [-0.1, -0.05) is 61.3 Å². The summed E-state index contributed by atoms with van der Waals surface area (Å²) in [6.07, 6.45) is 2.09. The van der Waals surface area contributed by atoms with Gasteiger partial charge in [-0.2, -0.15) is 0 Å². The Balaban J connectivity index is 1.90. The van der Waals surface area contributed by atoms with Crippen molar-refractivity contribution in [2.24, 2.45) is 0 Å². The van der Waals surface area contributed by atoms with Gasteiger partial charge in [0.15, 0.2) is 0 Å². The first kappa shape index (κ1) is 31.3. The lowest BCUT2D eigenvalue weighted by atomic mass is 10.1. The van der Waals surface area contributed by atoms with Gasteiger partial charge in [0.25, 0.3) is 0 Å². The minimum absolute atomic E-state index is 0.0369. The lowest BCUT2D eigenvalue weighted by Crippen LogP contribution is -2.52. The molecule has 0 heterocycles. The van der Waals surface area contributed by atoms with E-state index < -0.39 is 28.5 Å². The van der Waals surface area contributed by atoms with E-state index in [0.717, 1.165) is 17.0 Å². The van der Waals surface area contributed by atoms with E-state index in [0.29, 0.717) is 40.1 Å². The van der Waals surface area contributed by atoms with Crippen molar-refractivity contribution in [2.45, 2.75) is 39.3 Å². The zero-order chi connectivity index (χ0) is 29.3. The summed E-state index contributed by atoms with van der Waals surface area (Å²) in [6, 6.07) is 19.7.